The van der Waals surface area contributed by atoms with Crippen molar-refractivity contribution in [3.63, 3.8) is 0 Å². The summed E-state index contributed by atoms with van der Waals surface area (Å²) in [5.74, 6) is 0. The van der Waals surface area contributed by atoms with Gasteiger partial charge < -0.3 is 4.57 Å². The van der Waals surface area contributed by atoms with Gasteiger partial charge in [0.25, 0.3) is 0 Å². The fourth-order valence-corrected chi connectivity index (χ4v) is 14.9. The van der Waals surface area contributed by atoms with Gasteiger partial charge in [-0.25, -0.2) is 0 Å². The fraction of sp³-hybridized carbons (Fsp3) is 0.100. The van der Waals surface area contributed by atoms with Gasteiger partial charge in [-0.05, 0) is 78.9 Å². The van der Waals surface area contributed by atoms with Gasteiger partial charge >= 0.3 is 0 Å². The Morgan fingerprint density at radius 3 is 1.88 bits per heavy atom. The molecule has 0 bridgehead atoms. The second-order valence-corrected chi connectivity index (χ2v) is 22.0. The standard InChI is InChI=1S/C40H33NSi2/c1-42(2)35-20-12-9-17-29(35)32-24-26(22-23-37(32)42)31-25-33-28-16-8-11-19-34(28)41(27-14-6-5-7-15-27)39(33)38-30-18-10-13-21-36(30)43(3,4)40(31)38/h5-25H,1-4H3. The molecule has 206 valence electrons. The van der Waals surface area contributed by atoms with E-state index >= 15 is 0 Å². The Morgan fingerprint density at radius 1 is 0.465 bits per heavy atom. The molecular weight excluding hydrogens is 551 g/mol. The molecule has 9 rings (SSSR count). The van der Waals surface area contributed by atoms with Crippen LogP contribution in [0, 0.1) is 0 Å². The zero-order valence-electron chi connectivity index (χ0n) is 25.1. The third kappa shape index (κ3) is 3.21. The molecule has 0 radical (unpaired) electrons. The minimum absolute atomic E-state index is 1.22. The molecule has 43 heavy (non-hydrogen) atoms. The van der Waals surface area contributed by atoms with Crippen LogP contribution < -0.4 is 20.7 Å². The van der Waals surface area contributed by atoms with Crippen molar-refractivity contribution in [3.05, 3.63) is 127 Å². The Morgan fingerprint density at radius 2 is 1.09 bits per heavy atom. The van der Waals surface area contributed by atoms with E-state index in [0.717, 1.165) is 0 Å². The number of nitrogens with zero attached hydrogens (tertiary/aromatic N) is 1. The summed E-state index contributed by atoms with van der Waals surface area (Å²) < 4.78 is 2.52. The SMILES string of the molecule is C[Si]1(C)c2ccccc2-c2cc(-c3cc4c5ccccc5n(-c5ccccc5)c4c4c3[Si](C)(C)c3ccccc3-4)ccc21. The lowest BCUT2D eigenvalue weighted by molar-refractivity contribution is 1.18. The van der Waals surface area contributed by atoms with E-state index in [9.17, 15) is 0 Å². The van der Waals surface area contributed by atoms with Crippen LogP contribution in [0.25, 0.3) is 60.9 Å². The smallest absolute Gasteiger partial charge is 0.114 e. The monoisotopic (exact) mass is 583 g/mol. The Bertz CT molecular complexity index is 2290. The zero-order valence-corrected chi connectivity index (χ0v) is 27.1. The summed E-state index contributed by atoms with van der Waals surface area (Å²) in [5.41, 5.74) is 12.3. The predicted molar refractivity (Wildman–Crippen MR) is 191 cm³/mol. The first kappa shape index (κ1) is 25.1. The summed E-state index contributed by atoms with van der Waals surface area (Å²) in [5, 5.41) is 8.90. The van der Waals surface area contributed by atoms with Crippen LogP contribution in [0.15, 0.2) is 127 Å². The highest BCUT2D eigenvalue weighted by Gasteiger charge is 2.42. The molecule has 0 amide bonds. The molecule has 0 N–H and O–H groups in total. The summed E-state index contributed by atoms with van der Waals surface area (Å²) >= 11 is 0. The van der Waals surface area contributed by atoms with Crippen molar-refractivity contribution in [1.29, 1.82) is 0 Å². The second-order valence-electron chi connectivity index (χ2n) is 13.4. The molecule has 2 aliphatic rings. The lowest BCUT2D eigenvalue weighted by Gasteiger charge is -2.24. The van der Waals surface area contributed by atoms with Crippen molar-refractivity contribution in [3.8, 4) is 39.1 Å². The normalized spacial score (nSPS) is 15.3. The van der Waals surface area contributed by atoms with Crippen molar-refractivity contribution in [1.82, 2.24) is 4.57 Å². The predicted octanol–water partition coefficient (Wildman–Crippen LogP) is 8.06. The highest BCUT2D eigenvalue weighted by atomic mass is 28.3. The van der Waals surface area contributed by atoms with Gasteiger partial charge in [0.2, 0.25) is 0 Å². The number of hydrogen-bond donors (Lipinski definition) is 0. The third-order valence-electron chi connectivity index (χ3n) is 10.4. The molecule has 0 spiro atoms. The summed E-state index contributed by atoms with van der Waals surface area (Å²) in [4.78, 5) is 0. The average Bonchev–Trinajstić information content (AvgIpc) is 3.58. The van der Waals surface area contributed by atoms with Crippen LogP contribution in [-0.2, 0) is 0 Å². The molecule has 0 aliphatic carbocycles. The fourth-order valence-electron chi connectivity index (χ4n) is 8.38. The van der Waals surface area contributed by atoms with Crippen molar-refractivity contribution in [2.24, 2.45) is 0 Å². The molecular formula is C40H33NSi2. The van der Waals surface area contributed by atoms with Crippen molar-refractivity contribution >= 4 is 58.7 Å². The van der Waals surface area contributed by atoms with Crippen molar-refractivity contribution in [2.45, 2.75) is 26.2 Å². The van der Waals surface area contributed by atoms with Gasteiger partial charge in [0.15, 0.2) is 0 Å². The van der Waals surface area contributed by atoms with Crippen LogP contribution in [-0.4, -0.2) is 20.7 Å². The summed E-state index contributed by atoms with van der Waals surface area (Å²) in [6, 6.07) is 48.3. The number of para-hydroxylation sites is 2. The summed E-state index contributed by atoms with van der Waals surface area (Å²) in [6.45, 7) is 10.1. The quantitative estimate of drug-likeness (QED) is 0.182. The van der Waals surface area contributed by atoms with Crippen molar-refractivity contribution < 1.29 is 0 Å². The van der Waals surface area contributed by atoms with Crippen molar-refractivity contribution in [2.75, 3.05) is 0 Å². The largest absolute Gasteiger partial charge is 0.309 e. The third-order valence-corrected chi connectivity index (χ3v) is 17.5. The molecule has 3 heteroatoms. The Kier molecular flexibility index (Phi) is 5.00. The van der Waals surface area contributed by atoms with Crippen LogP contribution in [0.1, 0.15) is 0 Å². The van der Waals surface area contributed by atoms with E-state index in [1.54, 1.807) is 20.7 Å². The molecule has 0 fully saturated rings. The Labute approximate surface area is 255 Å². The van der Waals surface area contributed by atoms with Gasteiger partial charge in [-0.2, -0.15) is 0 Å². The van der Waals surface area contributed by atoms with E-state index in [1.165, 1.54) is 60.9 Å². The first-order valence-corrected chi connectivity index (χ1v) is 21.4. The Balaban J connectivity index is 1.45. The molecule has 3 heterocycles. The molecule has 0 unspecified atom stereocenters. The molecule has 6 aromatic carbocycles. The lowest BCUT2D eigenvalue weighted by atomic mass is 9.93. The van der Waals surface area contributed by atoms with Gasteiger partial charge in [-0.1, -0.05) is 123 Å². The Hall–Kier alpha value is -4.45. The molecule has 7 aromatic rings. The lowest BCUT2D eigenvalue weighted by Crippen LogP contribution is -2.50. The minimum atomic E-state index is -2.03. The highest BCUT2D eigenvalue weighted by Crippen LogP contribution is 2.44. The first-order chi connectivity index (χ1) is 20.9. The zero-order chi connectivity index (χ0) is 29.1. The van der Waals surface area contributed by atoms with Gasteiger partial charge in [-0.15, -0.1) is 0 Å². The van der Waals surface area contributed by atoms with E-state index in [0.29, 0.717) is 0 Å². The molecule has 1 nitrogen and oxygen atoms in total. The van der Waals surface area contributed by atoms with Crippen LogP contribution >= 0.6 is 0 Å². The maximum absolute atomic E-state index is 2.56. The van der Waals surface area contributed by atoms with Crippen LogP contribution in [0.2, 0.25) is 26.2 Å². The van der Waals surface area contributed by atoms with E-state index in [1.807, 2.05) is 0 Å². The van der Waals surface area contributed by atoms with E-state index in [-0.39, 0.29) is 0 Å². The topological polar surface area (TPSA) is 4.93 Å². The summed E-state index contributed by atoms with van der Waals surface area (Å²) in [7, 11) is -3.74. The number of benzene rings is 6. The summed E-state index contributed by atoms with van der Waals surface area (Å²) in [6.07, 6.45) is 0. The van der Waals surface area contributed by atoms with E-state index in [4.69, 9.17) is 0 Å². The number of rotatable bonds is 2. The number of hydrogen-bond acceptors (Lipinski definition) is 0. The van der Waals surface area contributed by atoms with Gasteiger partial charge in [0.1, 0.15) is 16.1 Å². The van der Waals surface area contributed by atoms with Gasteiger partial charge in [-0.3, -0.25) is 0 Å². The molecule has 2 aliphatic heterocycles. The average molecular weight is 584 g/mol. The minimum Gasteiger partial charge on any atom is -0.309 e. The van der Waals surface area contributed by atoms with Crippen LogP contribution in [0.3, 0.4) is 0 Å². The highest BCUT2D eigenvalue weighted by molar-refractivity contribution is 7.05. The second kappa shape index (κ2) is 8.56. The molecule has 1 aromatic heterocycles. The first-order valence-electron chi connectivity index (χ1n) is 15.4. The van der Waals surface area contributed by atoms with Crippen LogP contribution in [0.5, 0.6) is 0 Å². The van der Waals surface area contributed by atoms with Gasteiger partial charge in [0, 0.05) is 22.0 Å². The molecule has 0 saturated carbocycles. The van der Waals surface area contributed by atoms with Gasteiger partial charge in [0.05, 0.1) is 11.0 Å². The molecule has 0 saturated heterocycles. The maximum Gasteiger partial charge on any atom is 0.114 e. The number of fused-ring (bicyclic) bond motifs is 10. The van der Waals surface area contributed by atoms with E-state index < -0.39 is 16.1 Å². The van der Waals surface area contributed by atoms with E-state index in [2.05, 4.69) is 158 Å². The maximum atomic E-state index is 2.56. The van der Waals surface area contributed by atoms with Crippen LogP contribution in [0.4, 0.5) is 0 Å². The molecule has 0 atom stereocenters. The number of aromatic nitrogens is 1.